The molecule has 2 rings (SSSR count). The van der Waals surface area contributed by atoms with Gasteiger partial charge in [0.1, 0.15) is 4.90 Å². The maximum absolute atomic E-state index is 12.6. The Labute approximate surface area is 169 Å². The zero-order valence-corrected chi connectivity index (χ0v) is 18.1. The third-order valence-corrected chi connectivity index (χ3v) is 8.34. The van der Waals surface area contributed by atoms with Crippen molar-refractivity contribution in [2.45, 2.75) is 50.1 Å². The first kappa shape index (κ1) is 22.4. The second-order valence-electron chi connectivity index (χ2n) is 6.65. The van der Waals surface area contributed by atoms with Crippen LogP contribution in [0.5, 0.6) is 0 Å². The Kier molecular flexibility index (Phi) is 7.18. The van der Waals surface area contributed by atoms with Crippen LogP contribution in [0.4, 0.5) is 0 Å². The van der Waals surface area contributed by atoms with Gasteiger partial charge in [-0.25, -0.2) is 21.6 Å². The fourth-order valence-electron chi connectivity index (χ4n) is 2.90. The lowest BCUT2D eigenvalue weighted by molar-refractivity contribution is 0.0941. The number of carbonyl (C=O) groups is 1. The van der Waals surface area contributed by atoms with Crippen molar-refractivity contribution < 1.29 is 21.6 Å². The van der Waals surface area contributed by atoms with Gasteiger partial charge in [0.25, 0.3) is 5.91 Å². The number of sulfone groups is 1. The maximum atomic E-state index is 12.6. The summed E-state index contributed by atoms with van der Waals surface area (Å²) in [5, 5.41) is 2.47. The van der Waals surface area contributed by atoms with Gasteiger partial charge in [-0.3, -0.25) is 4.79 Å². The van der Waals surface area contributed by atoms with Crippen LogP contribution < -0.4 is 10.0 Å². The maximum Gasteiger partial charge on any atom is 0.253 e. The van der Waals surface area contributed by atoms with Gasteiger partial charge >= 0.3 is 0 Å². The van der Waals surface area contributed by atoms with Crippen molar-refractivity contribution in [2.75, 3.05) is 11.5 Å². The number of nitrogens with one attached hydrogen (secondary N) is 2. The number of hydrogen-bond acceptors (Lipinski definition) is 5. The second kappa shape index (κ2) is 8.65. The summed E-state index contributed by atoms with van der Waals surface area (Å²) in [6.07, 6.45) is 1.75. The van der Waals surface area contributed by atoms with E-state index in [2.05, 4.69) is 10.0 Å². The van der Waals surface area contributed by atoms with Crippen LogP contribution in [-0.2, 0) is 19.9 Å². The summed E-state index contributed by atoms with van der Waals surface area (Å²) in [6.45, 7) is 3.67. The van der Waals surface area contributed by atoms with Crippen molar-refractivity contribution in [1.29, 1.82) is 0 Å². The minimum absolute atomic E-state index is 0.00512. The molecule has 0 aliphatic carbocycles. The van der Waals surface area contributed by atoms with Crippen LogP contribution in [0.1, 0.15) is 43.5 Å². The standard InChI is InChI=1S/C16H22Cl2N2O5S2/c1-3-4-10(2)20-27(24,25)15-7-12(13(17)8-14(15)18)16(21)19-11-5-6-26(22,23)9-11/h7-8,10-11,20H,3-6,9H2,1-2H3,(H,19,21)/t10-,11-/m0/s1. The number of carbonyl (C=O) groups excluding carboxylic acids is 1. The predicted molar refractivity (Wildman–Crippen MR) is 106 cm³/mol. The molecule has 11 heteroatoms. The van der Waals surface area contributed by atoms with Crippen LogP contribution in [0.25, 0.3) is 0 Å². The van der Waals surface area contributed by atoms with Gasteiger partial charge in [0.05, 0.1) is 27.1 Å². The first-order chi connectivity index (χ1) is 12.4. The fourth-order valence-corrected chi connectivity index (χ4v) is 6.71. The van der Waals surface area contributed by atoms with E-state index >= 15 is 0 Å². The van der Waals surface area contributed by atoms with Crippen LogP contribution >= 0.6 is 23.2 Å². The quantitative estimate of drug-likeness (QED) is 0.654. The average Bonchev–Trinajstić information content (AvgIpc) is 2.85. The lowest BCUT2D eigenvalue weighted by Crippen LogP contribution is -2.36. The van der Waals surface area contributed by atoms with Gasteiger partial charge < -0.3 is 5.32 Å². The highest BCUT2D eigenvalue weighted by molar-refractivity contribution is 7.91. The molecule has 1 aromatic rings. The number of hydrogen-bond donors (Lipinski definition) is 2. The smallest absolute Gasteiger partial charge is 0.253 e. The van der Waals surface area contributed by atoms with Gasteiger partial charge in [0, 0.05) is 12.1 Å². The predicted octanol–water partition coefficient (Wildman–Crippen LogP) is 2.38. The second-order valence-corrected chi connectivity index (χ2v) is 11.4. The van der Waals surface area contributed by atoms with E-state index in [9.17, 15) is 21.6 Å². The highest BCUT2D eigenvalue weighted by Gasteiger charge is 2.30. The van der Waals surface area contributed by atoms with E-state index in [0.717, 1.165) is 12.5 Å². The first-order valence-corrected chi connectivity index (χ1v) is 12.5. The molecule has 0 bridgehead atoms. The van der Waals surface area contributed by atoms with Crippen molar-refractivity contribution in [1.82, 2.24) is 10.0 Å². The molecule has 0 unspecified atom stereocenters. The van der Waals surface area contributed by atoms with Crippen LogP contribution in [0.3, 0.4) is 0 Å². The zero-order chi connectivity index (χ0) is 20.4. The highest BCUT2D eigenvalue weighted by atomic mass is 35.5. The average molecular weight is 457 g/mol. The van der Waals surface area contributed by atoms with E-state index < -0.39 is 31.8 Å². The topological polar surface area (TPSA) is 109 Å². The Morgan fingerprint density at radius 2 is 1.96 bits per heavy atom. The molecule has 7 nitrogen and oxygen atoms in total. The SMILES string of the molecule is CCC[C@H](C)NS(=O)(=O)c1cc(C(=O)N[C@H]2CCS(=O)(=O)C2)c(Cl)cc1Cl. The molecule has 0 saturated carbocycles. The van der Waals surface area contributed by atoms with Crippen molar-refractivity contribution in [3.05, 3.63) is 27.7 Å². The zero-order valence-electron chi connectivity index (χ0n) is 15.0. The number of sulfonamides is 1. The van der Waals surface area contributed by atoms with Gasteiger partial charge in [0.15, 0.2) is 9.84 Å². The minimum Gasteiger partial charge on any atom is -0.348 e. The highest BCUT2D eigenvalue weighted by Crippen LogP contribution is 2.29. The van der Waals surface area contributed by atoms with Gasteiger partial charge in [0.2, 0.25) is 10.0 Å². The Bertz CT molecular complexity index is 932. The Balaban J connectivity index is 2.28. The molecular formula is C16H22Cl2N2O5S2. The summed E-state index contributed by atoms with van der Waals surface area (Å²) in [7, 11) is -7.11. The molecule has 1 aliphatic heterocycles. The molecule has 2 atom stereocenters. The third-order valence-electron chi connectivity index (χ3n) is 4.20. The van der Waals surface area contributed by atoms with E-state index in [1.54, 1.807) is 6.92 Å². The Morgan fingerprint density at radius 3 is 2.52 bits per heavy atom. The molecule has 1 aromatic carbocycles. The van der Waals surface area contributed by atoms with Crippen molar-refractivity contribution >= 4 is 49.0 Å². The summed E-state index contributed by atoms with van der Waals surface area (Å²) in [5.41, 5.74) is -0.0751. The van der Waals surface area contributed by atoms with E-state index in [-0.39, 0.29) is 38.1 Å². The molecule has 0 spiro atoms. The number of amides is 1. The summed E-state index contributed by atoms with van der Waals surface area (Å²) in [4.78, 5) is 12.2. The fraction of sp³-hybridized carbons (Fsp3) is 0.562. The molecule has 1 fully saturated rings. The first-order valence-electron chi connectivity index (χ1n) is 8.48. The molecule has 2 N–H and O–H groups in total. The Hall–Kier alpha value is -0.870. The molecule has 1 saturated heterocycles. The minimum atomic E-state index is -3.95. The summed E-state index contributed by atoms with van der Waals surface area (Å²) < 4.78 is 50.8. The van der Waals surface area contributed by atoms with E-state index in [4.69, 9.17) is 23.2 Å². The molecule has 0 radical (unpaired) electrons. The Morgan fingerprint density at radius 1 is 1.30 bits per heavy atom. The monoisotopic (exact) mass is 456 g/mol. The molecule has 1 amide bonds. The molecule has 1 heterocycles. The number of benzene rings is 1. The third kappa shape index (κ3) is 5.80. The molecule has 1 aliphatic rings. The van der Waals surface area contributed by atoms with Crippen molar-refractivity contribution in [3.63, 3.8) is 0 Å². The van der Waals surface area contributed by atoms with Crippen molar-refractivity contribution in [2.24, 2.45) is 0 Å². The van der Waals surface area contributed by atoms with E-state index in [1.165, 1.54) is 6.07 Å². The van der Waals surface area contributed by atoms with Gasteiger partial charge in [-0.05, 0) is 31.9 Å². The van der Waals surface area contributed by atoms with E-state index in [0.29, 0.717) is 12.8 Å². The molecular weight excluding hydrogens is 435 g/mol. The van der Waals surface area contributed by atoms with Crippen LogP contribution in [0.2, 0.25) is 10.0 Å². The van der Waals surface area contributed by atoms with Gasteiger partial charge in [-0.2, -0.15) is 0 Å². The number of halogens is 2. The van der Waals surface area contributed by atoms with Crippen LogP contribution in [0.15, 0.2) is 17.0 Å². The summed E-state index contributed by atoms with van der Waals surface area (Å²) >= 11 is 12.1. The summed E-state index contributed by atoms with van der Waals surface area (Å²) in [6, 6.07) is 1.48. The molecule has 27 heavy (non-hydrogen) atoms. The lowest BCUT2D eigenvalue weighted by Gasteiger charge is -2.16. The normalized spacial score (nSPS) is 20.4. The van der Waals surface area contributed by atoms with Crippen LogP contribution in [0, 0.1) is 0 Å². The van der Waals surface area contributed by atoms with Crippen molar-refractivity contribution in [3.8, 4) is 0 Å². The van der Waals surface area contributed by atoms with Crippen LogP contribution in [-0.4, -0.2) is 46.3 Å². The van der Waals surface area contributed by atoms with Gasteiger partial charge in [-0.15, -0.1) is 0 Å². The molecule has 152 valence electrons. The summed E-state index contributed by atoms with van der Waals surface area (Å²) in [5.74, 6) is -0.784. The van der Waals surface area contributed by atoms with Gasteiger partial charge in [-0.1, -0.05) is 36.5 Å². The van der Waals surface area contributed by atoms with E-state index in [1.807, 2.05) is 6.92 Å². The number of rotatable bonds is 7. The molecule has 0 aromatic heterocycles. The largest absolute Gasteiger partial charge is 0.348 e. The lowest BCUT2D eigenvalue weighted by atomic mass is 10.2.